The van der Waals surface area contributed by atoms with Crippen molar-refractivity contribution in [3.05, 3.63) is 45.4 Å². The van der Waals surface area contributed by atoms with Gasteiger partial charge in [0.05, 0.1) is 21.2 Å². The number of rotatable bonds is 4. The van der Waals surface area contributed by atoms with Crippen LogP contribution in [-0.4, -0.2) is 54.7 Å². The molecule has 0 saturated carbocycles. The first-order chi connectivity index (χ1) is 13.9. The highest BCUT2D eigenvalue weighted by atomic mass is 32.2. The largest absolute Gasteiger partial charge is 0.416 e. The molecule has 164 valence electrons. The van der Waals surface area contributed by atoms with E-state index in [1.54, 1.807) is 11.8 Å². The van der Waals surface area contributed by atoms with E-state index in [1.165, 1.54) is 15.6 Å². The smallest absolute Gasteiger partial charge is 0.335 e. The first kappa shape index (κ1) is 22.7. The van der Waals surface area contributed by atoms with Crippen LogP contribution in [0.1, 0.15) is 45.7 Å². The molecule has 30 heavy (non-hydrogen) atoms. The summed E-state index contributed by atoms with van der Waals surface area (Å²) >= 11 is 1.35. The Labute approximate surface area is 177 Å². The molecule has 3 rings (SSSR count). The molecule has 1 aromatic heterocycles. The monoisotopic (exact) mass is 461 g/mol. The molecule has 1 aromatic carbocycles. The molecule has 1 aliphatic heterocycles. The predicted octanol–water partition coefficient (Wildman–Crippen LogP) is 3.74. The van der Waals surface area contributed by atoms with Gasteiger partial charge in [-0.3, -0.25) is 4.79 Å². The molecule has 2 aromatic rings. The topological polar surface area (TPSA) is 70.6 Å². The van der Waals surface area contributed by atoms with Crippen molar-refractivity contribution in [2.45, 2.75) is 37.8 Å². The van der Waals surface area contributed by atoms with Gasteiger partial charge in [0.1, 0.15) is 4.88 Å². The molecular formula is C19H22F3N3O3S2. The van der Waals surface area contributed by atoms with Crippen LogP contribution in [0.15, 0.2) is 29.2 Å². The summed E-state index contributed by atoms with van der Waals surface area (Å²) < 4.78 is 64.8. The van der Waals surface area contributed by atoms with Gasteiger partial charge in [0.25, 0.3) is 5.91 Å². The van der Waals surface area contributed by atoms with E-state index in [2.05, 4.69) is 4.98 Å². The molecule has 1 amide bonds. The maximum atomic E-state index is 12.8. The second-order valence-corrected chi connectivity index (χ2v) is 10.3. The van der Waals surface area contributed by atoms with Crippen LogP contribution in [0.4, 0.5) is 13.2 Å². The van der Waals surface area contributed by atoms with Crippen molar-refractivity contribution in [1.82, 2.24) is 14.2 Å². The van der Waals surface area contributed by atoms with Gasteiger partial charge in [-0.25, -0.2) is 13.4 Å². The molecule has 11 heteroatoms. The van der Waals surface area contributed by atoms with Crippen LogP contribution in [0.2, 0.25) is 0 Å². The Kier molecular flexibility index (Phi) is 6.26. The van der Waals surface area contributed by atoms with Gasteiger partial charge in [-0.05, 0) is 31.2 Å². The number of amides is 1. The minimum atomic E-state index is -4.53. The molecule has 1 aliphatic rings. The number of piperazine rings is 1. The Bertz CT molecular complexity index is 1020. The Morgan fingerprint density at radius 3 is 2.13 bits per heavy atom. The van der Waals surface area contributed by atoms with Gasteiger partial charge in [-0.1, -0.05) is 13.8 Å². The fourth-order valence-corrected chi connectivity index (χ4v) is 5.56. The summed E-state index contributed by atoms with van der Waals surface area (Å²) in [5.41, 5.74) is -0.244. The van der Waals surface area contributed by atoms with E-state index in [0.29, 0.717) is 10.6 Å². The minimum Gasteiger partial charge on any atom is -0.335 e. The third-order valence-corrected chi connectivity index (χ3v) is 8.21. The number of carbonyl (C=O) groups is 1. The lowest BCUT2D eigenvalue weighted by Crippen LogP contribution is -2.50. The van der Waals surface area contributed by atoms with Crippen molar-refractivity contribution >= 4 is 27.3 Å². The van der Waals surface area contributed by atoms with Crippen LogP contribution in [-0.2, 0) is 16.2 Å². The van der Waals surface area contributed by atoms with Gasteiger partial charge in [-0.2, -0.15) is 17.5 Å². The SMILES string of the molecule is Cc1nc(C(C)C)sc1C(=O)N1CCN(S(=O)(=O)c2ccc(C(F)(F)F)cc2)CC1. The molecule has 0 bridgehead atoms. The summed E-state index contributed by atoms with van der Waals surface area (Å²) in [7, 11) is -3.94. The van der Waals surface area contributed by atoms with Gasteiger partial charge >= 0.3 is 6.18 Å². The number of alkyl halides is 3. The molecule has 0 unspecified atom stereocenters. The van der Waals surface area contributed by atoms with E-state index in [9.17, 15) is 26.4 Å². The molecule has 0 atom stereocenters. The van der Waals surface area contributed by atoms with Gasteiger partial charge in [0, 0.05) is 32.1 Å². The van der Waals surface area contributed by atoms with E-state index >= 15 is 0 Å². The number of aryl methyl sites for hydroxylation is 1. The fourth-order valence-electron chi connectivity index (χ4n) is 3.10. The van der Waals surface area contributed by atoms with Gasteiger partial charge in [-0.15, -0.1) is 11.3 Å². The standard InChI is InChI=1S/C19H22F3N3O3S2/c1-12(2)17-23-13(3)16(29-17)18(26)24-8-10-25(11-9-24)30(27,28)15-6-4-14(5-7-15)19(20,21)22/h4-7,12H,8-11H2,1-3H3. The zero-order valence-electron chi connectivity index (χ0n) is 16.7. The van der Waals surface area contributed by atoms with E-state index in [0.717, 1.165) is 29.3 Å². The van der Waals surface area contributed by atoms with Crippen molar-refractivity contribution in [3.63, 3.8) is 0 Å². The summed E-state index contributed by atoms with van der Waals surface area (Å²) in [4.78, 5) is 19.2. The second-order valence-electron chi connectivity index (χ2n) is 7.34. The highest BCUT2D eigenvalue weighted by Gasteiger charge is 2.34. The van der Waals surface area contributed by atoms with Crippen molar-refractivity contribution in [2.75, 3.05) is 26.2 Å². The number of hydrogen-bond acceptors (Lipinski definition) is 5. The van der Waals surface area contributed by atoms with E-state index < -0.39 is 21.8 Å². The van der Waals surface area contributed by atoms with Crippen LogP contribution in [0.25, 0.3) is 0 Å². The van der Waals surface area contributed by atoms with Crippen LogP contribution in [0.5, 0.6) is 0 Å². The lowest BCUT2D eigenvalue weighted by molar-refractivity contribution is -0.137. The third-order valence-electron chi connectivity index (χ3n) is 4.85. The van der Waals surface area contributed by atoms with E-state index in [1.807, 2.05) is 13.8 Å². The quantitative estimate of drug-likeness (QED) is 0.696. The van der Waals surface area contributed by atoms with Gasteiger partial charge in [0.15, 0.2) is 0 Å². The molecule has 0 N–H and O–H groups in total. The Morgan fingerprint density at radius 2 is 1.67 bits per heavy atom. The second kappa shape index (κ2) is 8.27. The normalized spacial score (nSPS) is 16.3. The number of halogens is 3. The highest BCUT2D eigenvalue weighted by molar-refractivity contribution is 7.89. The number of carbonyl (C=O) groups excluding carboxylic acids is 1. The summed E-state index contributed by atoms with van der Waals surface area (Å²) in [5, 5.41) is 0.874. The number of nitrogens with zero attached hydrogens (tertiary/aromatic N) is 3. The van der Waals surface area contributed by atoms with Crippen LogP contribution < -0.4 is 0 Å². The molecule has 1 fully saturated rings. The molecule has 2 heterocycles. The predicted molar refractivity (Wildman–Crippen MR) is 107 cm³/mol. The molecule has 1 saturated heterocycles. The molecule has 0 radical (unpaired) electrons. The first-order valence-electron chi connectivity index (χ1n) is 9.35. The lowest BCUT2D eigenvalue weighted by atomic mass is 10.2. The third kappa shape index (κ3) is 4.52. The maximum absolute atomic E-state index is 12.8. The number of sulfonamides is 1. The Morgan fingerprint density at radius 1 is 1.10 bits per heavy atom. The summed E-state index contributed by atoms with van der Waals surface area (Å²) in [6.07, 6.45) is -4.53. The average molecular weight is 462 g/mol. The summed E-state index contributed by atoms with van der Waals surface area (Å²) in [6, 6.07) is 3.44. The van der Waals surface area contributed by atoms with Crippen molar-refractivity contribution in [1.29, 1.82) is 0 Å². The van der Waals surface area contributed by atoms with Gasteiger partial charge < -0.3 is 4.90 Å². The van der Waals surface area contributed by atoms with Crippen LogP contribution in [0, 0.1) is 6.92 Å². The van der Waals surface area contributed by atoms with Crippen LogP contribution >= 0.6 is 11.3 Å². The fraction of sp³-hybridized carbons (Fsp3) is 0.474. The molecular weight excluding hydrogens is 439 g/mol. The number of aromatic nitrogens is 1. The highest BCUT2D eigenvalue weighted by Crippen LogP contribution is 2.30. The summed E-state index contributed by atoms with van der Waals surface area (Å²) in [6.45, 7) is 6.32. The Hall–Kier alpha value is -1.98. The number of hydrogen-bond donors (Lipinski definition) is 0. The lowest BCUT2D eigenvalue weighted by Gasteiger charge is -2.33. The van der Waals surface area contributed by atoms with Gasteiger partial charge in [0.2, 0.25) is 10.0 Å². The van der Waals surface area contributed by atoms with Crippen molar-refractivity contribution in [2.24, 2.45) is 0 Å². The first-order valence-corrected chi connectivity index (χ1v) is 11.6. The summed E-state index contributed by atoms with van der Waals surface area (Å²) in [5.74, 6) is 0.0319. The number of thiazole rings is 1. The molecule has 6 nitrogen and oxygen atoms in total. The Balaban J connectivity index is 1.69. The molecule has 0 spiro atoms. The van der Waals surface area contributed by atoms with E-state index in [-0.39, 0.29) is 42.9 Å². The zero-order valence-corrected chi connectivity index (χ0v) is 18.4. The van der Waals surface area contributed by atoms with Crippen molar-refractivity contribution in [3.8, 4) is 0 Å². The maximum Gasteiger partial charge on any atom is 0.416 e. The van der Waals surface area contributed by atoms with E-state index in [4.69, 9.17) is 0 Å². The average Bonchev–Trinajstić information content (AvgIpc) is 3.09. The minimum absolute atomic E-state index is 0.0734. The number of benzene rings is 1. The zero-order chi connectivity index (χ0) is 22.3. The van der Waals surface area contributed by atoms with Crippen molar-refractivity contribution < 1.29 is 26.4 Å². The molecule has 0 aliphatic carbocycles. The van der Waals surface area contributed by atoms with Crippen LogP contribution in [0.3, 0.4) is 0 Å².